The van der Waals surface area contributed by atoms with Crippen molar-refractivity contribution >= 4 is 23.2 Å². The molecule has 1 nitrogen and oxygen atoms in total. The van der Waals surface area contributed by atoms with Gasteiger partial charge < -0.3 is 5.32 Å². The highest BCUT2D eigenvalue weighted by molar-refractivity contribution is 6.33. The van der Waals surface area contributed by atoms with Crippen LogP contribution in [0.5, 0.6) is 0 Å². The molecular formula is C15H13Cl2F2N. The third-order valence-corrected chi connectivity index (χ3v) is 3.53. The minimum Gasteiger partial charge on any atom is -0.306 e. The third kappa shape index (κ3) is 3.29. The fourth-order valence-electron chi connectivity index (χ4n) is 2.04. The van der Waals surface area contributed by atoms with Crippen molar-refractivity contribution in [3.8, 4) is 0 Å². The molecule has 0 saturated heterocycles. The molecule has 0 heterocycles. The lowest BCUT2D eigenvalue weighted by Crippen LogP contribution is -2.22. The van der Waals surface area contributed by atoms with Crippen molar-refractivity contribution in [2.75, 3.05) is 6.54 Å². The minimum atomic E-state index is -0.886. The second-order valence-electron chi connectivity index (χ2n) is 4.33. The lowest BCUT2D eigenvalue weighted by atomic mass is 9.98. The fourth-order valence-corrected chi connectivity index (χ4v) is 2.45. The monoisotopic (exact) mass is 315 g/mol. The topological polar surface area (TPSA) is 12.0 Å². The molecule has 5 heteroatoms. The van der Waals surface area contributed by atoms with E-state index < -0.39 is 11.6 Å². The van der Waals surface area contributed by atoms with Crippen molar-refractivity contribution in [3.05, 3.63) is 69.2 Å². The van der Waals surface area contributed by atoms with Gasteiger partial charge in [-0.1, -0.05) is 36.2 Å². The molecule has 1 unspecified atom stereocenters. The molecule has 2 aromatic carbocycles. The molecule has 0 aromatic heterocycles. The lowest BCUT2D eigenvalue weighted by Gasteiger charge is -2.20. The van der Waals surface area contributed by atoms with Crippen LogP contribution in [0.25, 0.3) is 0 Å². The molecule has 0 bridgehead atoms. The maximum Gasteiger partial charge on any atom is 0.159 e. The van der Waals surface area contributed by atoms with Gasteiger partial charge in [-0.25, -0.2) is 8.78 Å². The van der Waals surface area contributed by atoms with E-state index in [1.165, 1.54) is 12.1 Å². The first-order chi connectivity index (χ1) is 9.52. The summed E-state index contributed by atoms with van der Waals surface area (Å²) in [6, 6.07) is 8.54. The van der Waals surface area contributed by atoms with Crippen molar-refractivity contribution in [1.82, 2.24) is 5.32 Å². The molecule has 1 atom stereocenters. The molecule has 2 rings (SSSR count). The Balaban J connectivity index is 2.49. The highest BCUT2D eigenvalue weighted by Crippen LogP contribution is 2.31. The Morgan fingerprint density at radius 2 is 1.80 bits per heavy atom. The smallest absolute Gasteiger partial charge is 0.159 e. The summed E-state index contributed by atoms with van der Waals surface area (Å²) < 4.78 is 26.5. The summed E-state index contributed by atoms with van der Waals surface area (Å²) >= 11 is 12.2. The number of benzene rings is 2. The Kier molecular flexibility index (Phi) is 4.97. The average Bonchev–Trinajstić information content (AvgIpc) is 2.42. The maximum atomic E-state index is 13.4. The van der Waals surface area contributed by atoms with Crippen molar-refractivity contribution in [2.45, 2.75) is 13.0 Å². The molecule has 0 aliphatic heterocycles. The van der Waals surface area contributed by atoms with Gasteiger partial charge in [-0.3, -0.25) is 0 Å². The first-order valence-corrected chi connectivity index (χ1v) is 6.91. The number of hydrogen-bond acceptors (Lipinski definition) is 1. The van der Waals surface area contributed by atoms with E-state index >= 15 is 0 Å². The Hall–Kier alpha value is -1.16. The Bertz CT molecular complexity index is 617. The van der Waals surface area contributed by atoms with Gasteiger partial charge in [-0.05, 0) is 48.0 Å². The van der Waals surface area contributed by atoms with E-state index in [1.807, 2.05) is 6.92 Å². The second kappa shape index (κ2) is 6.53. The Morgan fingerprint density at radius 1 is 1.05 bits per heavy atom. The van der Waals surface area contributed by atoms with Crippen LogP contribution in [-0.2, 0) is 0 Å². The van der Waals surface area contributed by atoms with Gasteiger partial charge in [0.15, 0.2) is 11.6 Å². The Labute approximate surface area is 126 Å². The minimum absolute atomic E-state index is 0.346. The average molecular weight is 316 g/mol. The van der Waals surface area contributed by atoms with E-state index in [1.54, 1.807) is 18.2 Å². The van der Waals surface area contributed by atoms with Crippen LogP contribution in [0.1, 0.15) is 24.1 Å². The summed E-state index contributed by atoms with van der Waals surface area (Å²) in [5.41, 5.74) is 1.32. The highest BCUT2D eigenvalue weighted by atomic mass is 35.5. The maximum absolute atomic E-state index is 13.4. The van der Waals surface area contributed by atoms with Crippen molar-refractivity contribution in [1.29, 1.82) is 0 Å². The number of nitrogens with one attached hydrogen (secondary N) is 1. The molecule has 2 aromatic rings. The summed E-state index contributed by atoms with van der Waals surface area (Å²) in [7, 11) is 0. The third-order valence-electron chi connectivity index (χ3n) is 2.95. The summed E-state index contributed by atoms with van der Waals surface area (Å²) in [5.74, 6) is -1.76. The largest absolute Gasteiger partial charge is 0.306 e. The van der Waals surface area contributed by atoms with Crippen LogP contribution in [0.15, 0.2) is 36.4 Å². The molecule has 106 valence electrons. The second-order valence-corrected chi connectivity index (χ2v) is 5.17. The zero-order valence-corrected chi connectivity index (χ0v) is 12.3. The van der Waals surface area contributed by atoms with Crippen LogP contribution >= 0.6 is 23.2 Å². The summed E-state index contributed by atoms with van der Waals surface area (Å²) in [5, 5.41) is 4.25. The fraction of sp³-hybridized carbons (Fsp3) is 0.200. The molecule has 0 radical (unpaired) electrons. The van der Waals surface area contributed by atoms with Gasteiger partial charge in [-0.15, -0.1) is 0 Å². The van der Waals surface area contributed by atoms with Gasteiger partial charge >= 0.3 is 0 Å². The van der Waals surface area contributed by atoms with Crippen LogP contribution in [0.4, 0.5) is 8.78 Å². The molecule has 0 saturated carbocycles. The summed E-state index contributed by atoms with van der Waals surface area (Å²) in [6.07, 6.45) is 0. The molecule has 20 heavy (non-hydrogen) atoms. The highest BCUT2D eigenvalue weighted by Gasteiger charge is 2.18. The van der Waals surface area contributed by atoms with E-state index in [-0.39, 0.29) is 6.04 Å². The first kappa shape index (κ1) is 15.2. The summed E-state index contributed by atoms with van der Waals surface area (Å²) in [6.45, 7) is 2.57. The zero-order chi connectivity index (χ0) is 14.7. The molecule has 0 amide bonds. The molecule has 0 aliphatic carbocycles. The van der Waals surface area contributed by atoms with Crippen LogP contribution in [-0.4, -0.2) is 6.54 Å². The number of rotatable bonds is 4. The first-order valence-electron chi connectivity index (χ1n) is 6.16. The quantitative estimate of drug-likeness (QED) is 0.840. The van der Waals surface area contributed by atoms with Gasteiger partial charge in [0.05, 0.1) is 6.04 Å². The predicted molar refractivity (Wildman–Crippen MR) is 78.3 cm³/mol. The van der Waals surface area contributed by atoms with Crippen LogP contribution < -0.4 is 5.32 Å². The van der Waals surface area contributed by atoms with Gasteiger partial charge in [0, 0.05) is 10.0 Å². The van der Waals surface area contributed by atoms with E-state index in [4.69, 9.17) is 23.2 Å². The van der Waals surface area contributed by atoms with E-state index in [0.717, 1.165) is 11.6 Å². The molecular weight excluding hydrogens is 303 g/mol. The van der Waals surface area contributed by atoms with Crippen LogP contribution in [0.2, 0.25) is 10.0 Å². The van der Waals surface area contributed by atoms with Crippen molar-refractivity contribution in [3.63, 3.8) is 0 Å². The van der Waals surface area contributed by atoms with E-state index in [2.05, 4.69) is 5.32 Å². The predicted octanol–water partition coefficient (Wildman–Crippen LogP) is 4.97. The standard InChI is InChI=1S/C15H13Cl2F2N/c1-2-20-15(9-3-6-13(18)14(19)7-9)11-8-10(16)4-5-12(11)17/h3-8,15,20H,2H2,1H3. The number of hydrogen-bond donors (Lipinski definition) is 1. The van der Waals surface area contributed by atoms with Crippen LogP contribution in [0.3, 0.4) is 0 Å². The van der Waals surface area contributed by atoms with Crippen LogP contribution in [0, 0.1) is 11.6 Å². The Morgan fingerprint density at radius 3 is 2.45 bits per heavy atom. The molecule has 1 N–H and O–H groups in total. The SMILES string of the molecule is CCNC(c1ccc(F)c(F)c1)c1cc(Cl)ccc1Cl. The van der Waals surface area contributed by atoms with Gasteiger partial charge in [0.25, 0.3) is 0 Å². The number of halogens is 4. The molecule has 0 fully saturated rings. The lowest BCUT2D eigenvalue weighted by molar-refractivity contribution is 0.504. The molecule has 0 aliphatic rings. The van der Waals surface area contributed by atoms with Gasteiger partial charge in [-0.2, -0.15) is 0 Å². The zero-order valence-electron chi connectivity index (χ0n) is 10.8. The van der Waals surface area contributed by atoms with E-state index in [0.29, 0.717) is 22.2 Å². The van der Waals surface area contributed by atoms with E-state index in [9.17, 15) is 8.78 Å². The van der Waals surface area contributed by atoms with Gasteiger partial charge in [0.1, 0.15) is 0 Å². The van der Waals surface area contributed by atoms with Gasteiger partial charge in [0.2, 0.25) is 0 Å². The molecule has 0 spiro atoms. The normalized spacial score (nSPS) is 12.4. The van der Waals surface area contributed by atoms with Crippen molar-refractivity contribution in [2.24, 2.45) is 0 Å². The summed E-state index contributed by atoms with van der Waals surface area (Å²) in [4.78, 5) is 0. The van der Waals surface area contributed by atoms with Crippen molar-refractivity contribution < 1.29 is 8.78 Å².